The molecule has 0 N–H and O–H groups in total. The van der Waals surface area contributed by atoms with Crippen LogP contribution in [0.4, 0.5) is 0 Å². The number of fused-ring (bicyclic) bond motifs is 12. The Morgan fingerprint density at radius 2 is 1.14 bits per heavy atom. The quantitative estimate of drug-likeness (QED) is 0.167. The van der Waals surface area contributed by atoms with Crippen molar-refractivity contribution in [2.75, 3.05) is 0 Å². The van der Waals surface area contributed by atoms with Crippen molar-refractivity contribution in [1.82, 2.24) is 4.57 Å². The van der Waals surface area contributed by atoms with Gasteiger partial charge in [0.15, 0.2) is 0 Å². The lowest BCUT2D eigenvalue weighted by molar-refractivity contribution is 0.580. The van der Waals surface area contributed by atoms with Crippen molar-refractivity contribution in [1.29, 1.82) is 0 Å². The predicted molar refractivity (Wildman–Crippen MR) is 269 cm³/mol. The van der Waals surface area contributed by atoms with E-state index in [0.29, 0.717) is 0 Å². The second kappa shape index (κ2) is 13.8. The summed E-state index contributed by atoms with van der Waals surface area (Å²) >= 11 is 1.94. The van der Waals surface area contributed by atoms with Gasteiger partial charge in [-0.15, -0.1) is 11.3 Å². The van der Waals surface area contributed by atoms with Crippen LogP contribution in [-0.4, -0.2) is 4.57 Å². The fourth-order valence-electron chi connectivity index (χ4n) is 11.5. The first-order valence-corrected chi connectivity index (χ1v) is 23.2. The van der Waals surface area contributed by atoms with E-state index in [-0.39, 0.29) is 17.3 Å². The molecule has 0 spiro atoms. The zero-order valence-electron chi connectivity index (χ0n) is 35.7. The lowest BCUT2D eigenvalue weighted by atomic mass is 9.78. The Bertz CT molecular complexity index is 3650. The summed E-state index contributed by atoms with van der Waals surface area (Å²) in [6.45, 7) is 7.27. The minimum Gasteiger partial charge on any atom is -0.309 e. The average molecular weight is 824 g/mol. The van der Waals surface area contributed by atoms with Gasteiger partial charge < -0.3 is 4.57 Å². The van der Waals surface area contributed by atoms with E-state index in [9.17, 15) is 0 Å². The summed E-state index contributed by atoms with van der Waals surface area (Å²) < 4.78 is 5.15. The standard InChI is InChI=1S/C61H45NS/c1-37-51(42-33-53(60-54(34-42)50-21-11-14-24-59(50)63-60)41-27-29-47-46-19-9-12-22-55(46)61(2,3)56(47)35-41)32-40-15-7-8-18-44(40)45-28-25-38(31-52(37)45)39-26-30-49-48-20-10-13-23-57(48)62(58(49)36-39)43-16-5-4-6-17-43/h4-31,33-37,51H,32H2,1-3H3. The molecular weight excluding hydrogens is 779 g/mol. The van der Waals surface area contributed by atoms with Gasteiger partial charge in [0, 0.05) is 42.0 Å². The average Bonchev–Trinajstić information content (AvgIpc) is 3.92. The van der Waals surface area contributed by atoms with Crippen LogP contribution in [0, 0.1) is 0 Å². The number of rotatable bonds is 4. The summed E-state index contributed by atoms with van der Waals surface area (Å²) in [7, 11) is 0. The molecule has 300 valence electrons. The van der Waals surface area contributed by atoms with Crippen molar-refractivity contribution in [2.24, 2.45) is 0 Å². The molecule has 2 unspecified atom stereocenters. The van der Waals surface area contributed by atoms with Gasteiger partial charge in [-0.05, 0) is 139 Å². The van der Waals surface area contributed by atoms with Gasteiger partial charge in [-0.3, -0.25) is 0 Å². The Kier molecular flexibility index (Phi) is 8.00. The molecule has 2 aliphatic rings. The van der Waals surface area contributed by atoms with E-state index in [1.165, 1.54) is 120 Å². The molecule has 63 heavy (non-hydrogen) atoms. The van der Waals surface area contributed by atoms with E-state index in [1.807, 2.05) is 11.3 Å². The second-order valence-corrected chi connectivity index (χ2v) is 19.5. The number of benzene rings is 9. The highest BCUT2D eigenvalue weighted by Gasteiger charge is 2.36. The minimum absolute atomic E-state index is 0.0671. The van der Waals surface area contributed by atoms with Crippen LogP contribution >= 0.6 is 11.3 Å². The fraction of sp³-hybridized carbons (Fsp3) is 0.115. The first kappa shape index (κ1) is 36.6. The SMILES string of the molecule is CC1c2cc(-c3ccc4c5ccccc5n(-c5ccccc5)c4c3)ccc2-c2ccccc2CC1c1cc(-c2ccc3c(c2)C(C)(C)c2ccccc2-3)c2sc3ccccc3c2c1. The maximum atomic E-state index is 2.57. The molecule has 9 aromatic carbocycles. The Hall–Kier alpha value is -7.00. The van der Waals surface area contributed by atoms with Gasteiger partial charge in [0.05, 0.1) is 11.0 Å². The van der Waals surface area contributed by atoms with E-state index in [0.717, 1.165) is 6.42 Å². The fourth-order valence-corrected chi connectivity index (χ4v) is 12.7. The number of hydrogen-bond donors (Lipinski definition) is 0. The van der Waals surface area contributed by atoms with Crippen LogP contribution in [0.15, 0.2) is 194 Å². The number of para-hydroxylation sites is 2. The van der Waals surface area contributed by atoms with E-state index in [4.69, 9.17) is 0 Å². The van der Waals surface area contributed by atoms with Gasteiger partial charge in [-0.2, -0.15) is 0 Å². The lowest BCUT2D eigenvalue weighted by Gasteiger charge is -2.26. The third kappa shape index (κ3) is 5.47. The highest BCUT2D eigenvalue weighted by molar-refractivity contribution is 7.26. The van der Waals surface area contributed by atoms with Gasteiger partial charge in [0.2, 0.25) is 0 Å². The molecule has 2 heteroatoms. The summed E-state index contributed by atoms with van der Waals surface area (Å²) in [5.74, 6) is 0.526. The maximum Gasteiger partial charge on any atom is 0.0547 e. The predicted octanol–water partition coefficient (Wildman–Crippen LogP) is 16.9. The largest absolute Gasteiger partial charge is 0.309 e. The molecule has 2 aliphatic carbocycles. The smallest absolute Gasteiger partial charge is 0.0547 e. The molecule has 0 aliphatic heterocycles. The number of hydrogen-bond acceptors (Lipinski definition) is 1. The molecule has 0 amide bonds. The number of aromatic nitrogens is 1. The molecule has 2 aromatic heterocycles. The first-order valence-electron chi connectivity index (χ1n) is 22.4. The van der Waals surface area contributed by atoms with Gasteiger partial charge in [-0.1, -0.05) is 166 Å². The molecule has 0 saturated carbocycles. The third-order valence-electron chi connectivity index (χ3n) is 14.7. The number of thiophene rings is 1. The Morgan fingerprint density at radius 3 is 2.03 bits per heavy atom. The Balaban J connectivity index is 0.987. The molecule has 0 fully saturated rings. The van der Waals surface area contributed by atoms with Crippen molar-refractivity contribution in [3.8, 4) is 50.2 Å². The zero-order valence-corrected chi connectivity index (χ0v) is 36.5. The summed E-state index contributed by atoms with van der Waals surface area (Å²) in [5, 5.41) is 5.27. The van der Waals surface area contributed by atoms with Crippen molar-refractivity contribution in [2.45, 2.75) is 44.4 Å². The van der Waals surface area contributed by atoms with Gasteiger partial charge in [0.1, 0.15) is 0 Å². The molecule has 0 radical (unpaired) electrons. The topological polar surface area (TPSA) is 4.93 Å². The zero-order chi connectivity index (χ0) is 42.0. The van der Waals surface area contributed by atoms with Crippen LogP contribution in [-0.2, 0) is 11.8 Å². The van der Waals surface area contributed by atoms with E-state index in [1.54, 1.807) is 0 Å². The normalized spacial score (nSPS) is 16.2. The molecule has 13 rings (SSSR count). The molecule has 2 heterocycles. The first-order chi connectivity index (χ1) is 30.9. The monoisotopic (exact) mass is 823 g/mol. The Morgan fingerprint density at radius 1 is 0.476 bits per heavy atom. The molecule has 0 saturated heterocycles. The van der Waals surface area contributed by atoms with Crippen molar-refractivity contribution < 1.29 is 0 Å². The summed E-state index contributed by atoms with van der Waals surface area (Å²) in [6, 6.07) is 73.5. The maximum absolute atomic E-state index is 2.57. The molecule has 2 atom stereocenters. The highest BCUT2D eigenvalue weighted by Crippen LogP contribution is 2.52. The van der Waals surface area contributed by atoms with Crippen LogP contribution in [0.1, 0.15) is 60.4 Å². The lowest BCUT2D eigenvalue weighted by Crippen LogP contribution is -2.14. The molecular formula is C61H45NS. The van der Waals surface area contributed by atoms with Gasteiger partial charge in [0.25, 0.3) is 0 Å². The van der Waals surface area contributed by atoms with Crippen molar-refractivity contribution in [3.63, 3.8) is 0 Å². The number of nitrogens with zero attached hydrogens (tertiary/aromatic N) is 1. The van der Waals surface area contributed by atoms with Gasteiger partial charge in [-0.25, -0.2) is 0 Å². The van der Waals surface area contributed by atoms with E-state index >= 15 is 0 Å². The third-order valence-corrected chi connectivity index (χ3v) is 16.0. The second-order valence-electron chi connectivity index (χ2n) is 18.5. The summed E-state index contributed by atoms with van der Waals surface area (Å²) in [5.41, 5.74) is 21.3. The molecule has 0 bridgehead atoms. The van der Waals surface area contributed by atoms with E-state index < -0.39 is 0 Å². The van der Waals surface area contributed by atoms with Gasteiger partial charge >= 0.3 is 0 Å². The van der Waals surface area contributed by atoms with Crippen LogP contribution < -0.4 is 0 Å². The Labute approximate surface area is 372 Å². The van der Waals surface area contributed by atoms with Crippen LogP contribution in [0.2, 0.25) is 0 Å². The summed E-state index contributed by atoms with van der Waals surface area (Å²) in [4.78, 5) is 0. The molecule has 11 aromatic rings. The van der Waals surface area contributed by atoms with Crippen molar-refractivity contribution in [3.05, 3.63) is 222 Å². The van der Waals surface area contributed by atoms with Crippen LogP contribution in [0.5, 0.6) is 0 Å². The van der Waals surface area contributed by atoms with Crippen LogP contribution in [0.25, 0.3) is 92.2 Å². The molecule has 1 nitrogen and oxygen atoms in total. The summed E-state index contributed by atoms with van der Waals surface area (Å²) in [6.07, 6.45) is 0.976. The minimum atomic E-state index is -0.0671. The van der Waals surface area contributed by atoms with Crippen LogP contribution in [0.3, 0.4) is 0 Å². The highest BCUT2D eigenvalue weighted by atomic mass is 32.1. The van der Waals surface area contributed by atoms with Crippen molar-refractivity contribution >= 4 is 53.3 Å². The van der Waals surface area contributed by atoms with E-state index in [2.05, 4.69) is 219 Å².